The van der Waals surface area contributed by atoms with E-state index in [1.165, 1.54) is 25.2 Å². The van der Waals surface area contributed by atoms with Gasteiger partial charge < -0.3 is 10.4 Å². The summed E-state index contributed by atoms with van der Waals surface area (Å²) in [6.45, 7) is 4.73. The first-order valence-corrected chi connectivity index (χ1v) is 6.59. The van der Waals surface area contributed by atoms with Gasteiger partial charge >= 0.3 is 12.0 Å². The maximum Gasteiger partial charge on any atom is 0.331 e. The lowest BCUT2D eigenvalue weighted by molar-refractivity contribution is -0.133. The molecule has 7 nitrogen and oxygen atoms in total. The molecule has 3 amide bonds. The molecule has 108 valence electrons. The predicted molar refractivity (Wildman–Crippen MR) is 73.2 cm³/mol. The molecule has 0 saturated heterocycles. The van der Waals surface area contributed by atoms with Crippen LogP contribution < -0.4 is 10.6 Å². The Morgan fingerprint density at radius 3 is 2.45 bits per heavy atom. The highest BCUT2D eigenvalue weighted by molar-refractivity contribution is 7.09. The Kier molecular flexibility index (Phi) is 5.39. The summed E-state index contributed by atoms with van der Waals surface area (Å²) in [5.74, 6) is -1.93. The maximum atomic E-state index is 11.6. The number of aliphatic carboxylic acids is 1. The van der Waals surface area contributed by atoms with Crippen LogP contribution in [0.3, 0.4) is 0 Å². The lowest BCUT2D eigenvalue weighted by atomic mass is 10.1. The first-order valence-electron chi connectivity index (χ1n) is 5.71. The molecule has 0 bridgehead atoms. The zero-order chi connectivity index (χ0) is 15.3. The molecule has 1 heterocycles. The number of aryl methyl sites for hydroxylation is 1. The molecular formula is C12H15N3O4S. The van der Waals surface area contributed by atoms with Crippen LogP contribution in [0.25, 0.3) is 0 Å². The summed E-state index contributed by atoms with van der Waals surface area (Å²) in [4.78, 5) is 38.8. The number of nitrogens with zero attached hydrogens (tertiary/aromatic N) is 1. The first-order chi connectivity index (χ1) is 9.32. The molecule has 1 aromatic heterocycles. The molecule has 20 heavy (non-hydrogen) atoms. The molecule has 0 atom stereocenters. The van der Waals surface area contributed by atoms with Gasteiger partial charge in [-0.3, -0.25) is 10.1 Å². The fourth-order valence-electron chi connectivity index (χ4n) is 1.23. The number of rotatable bonds is 4. The van der Waals surface area contributed by atoms with Gasteiger partial charge in [0.05, 0.1) is 17.7 Å². The normalized spacial score (nSPS) is 11.6. The Bertz CT molecular complexity index is 577. The van der Waals surface area contributed by atoms with Crippen LogP contribution in [0.15, 0.2) is 16.7 Å². The van der Waals surface area contributed by atoms with Crippen LogP contribution in [0.5, 0.6) is 0 Å². The Labute approximate surface area is 119 Å². The van der Waals surface area contributed by atoms with Crippen molar-refractivity contribution in [1.29, 1.82) is 0 Å². The van der Waals surface area contributed by atoms with Gasteiger partial charge in [0.25, 0.3) is 5.91 Å². The molecule has 0 aliphatic heterocycles. The fourth-order valence-corrected chi connectivity index (χ4v) is 1.95. The lowest BCUT2D eigenvalue weighted by Crippen LogP contribution is -2.39. The van der Waals surface area contributed by atoms with Gasteiger partial charge in [0.2, 0.25) is 0 Å². The molecule has 0 spiro atoms. The average molecular weight is 297 g/mol. The van der Waals surface area contributed by atoms with E-state index >= 15 is 0 Å². The van der Waals surface area contributed by atoms with Crippen molar-refractivity contribution in [3.05, 3.63) is 27.2 Å². The quantitative estimate of drug-likeness (QED) is 0.724. The molecule has 0 aromatic carbocycles. The van der Waals surface area contributed by atoms with Crippen LogP contribution in [0, 0.1) is 6.92 Å². The third kappa shape index (κ3) is 4.16. The molecule has 0 radical (unpaired) electrons. The van der Waals surface area contributed by atoms with Crippen molar-refractivity contribution in [2.24, 2.45) is 0 Å². The van der Waals surface area contributed by atoms with E-state index in [9.17, 15) is 14.4 Å². The molecule has 8 heteroatoms. The second-order valence-electron chi connectivity index (χ2n) is 4.05. The van der Waals surface area contributed by atoms with Crippen molar-refractivity contribution in [1.82, 2.24) is 15.6 Å². The summed E-state index contributed by atoms with van der Waals surface area (Å²) in [5.41, 5.74) is 2.37. The highest BCUT2D eigenvalue weighted by Gasteiger charge is 2.15. The minimum absolute atomic E-state index is 0.0124. The van der Waals surface area contributed by atoms with Crippen LogP contribution in [0.2, 0.25) is 0 Å². The minimum atomic E-state index is -1.20. The van der Waals surface area contributed by atoms with E-state index in [1.807, 2.05) is 6.92 Å². The van der Waals surface area contributed by atoms with Gasteiger partial charge in [0.1, 0.15) is 0 Å². The molecule has 0 fully saturated rings. The van der Waals surface area contributed by atoms with Crippen molar-refractivity contribution in [3.8, 4) is 0 Å². The topological polar surface area (TPSA) is 108 Å². The number of hydrogen-bond donors (Lipinski definition) is 3. The molecule has 1 aromatic rings. The Morgan fingerprint density at radius 1 is 1.30 bits per heavy atom. The molecule has 0 aliphatic carbocycles. The number of aromatic nitrogens is 1. The van der Waals surface area contributed by atoms with Gasteiger partial charge in [-0.1, -0.05) is 0 Å². The van der Waals surface area contributed by atoms with Crippen molar-refractivity contribution < 1.29 is 19.5 Å². The van der Waals surface area contributed by atoms with E-state index in [-0.39, 0.29) is 17.7 Å². The first kappa shape index (κ1) is 15.8. The van der Waals surface area contributed by atoms with E-state index in [4.69, 9.17) is 5.11 Å². The standard InChI is InChI=1S/C12H15N3O4S/c1-6(7(2)11(17)18)10(16)15-12(19)13-4-9-8(3)14-5-20-9/h5H,4H2,1-3H3,(H,17,18)(H2,13,15,16,19). The van der Waals surface area contributed by atoms with Gasteiger partial charge in [0.15, 0.2) is 0 Å². The number of carbonyl (C=O) groups excluding carboxylic acids is 2. The zero-order valence-corrected chi connectivity index (χ0v) is 12.1. The van der Waals surface area contributed by atoms with Crippen LogP contribution in [0.1, 0.15) is 24.4 Å². The number of thiazole rings is 1. The molecule has 1 rings (SSSR count). The van der Waals surface area contributed by atoms with Crippen LogP contribution in [0.4, 0.5) is 4.79 Å². The minimum Gasteiger partial charge on any atom is -0.478 e. The monoisotopic (exact) mass is 297 g/mol. The third-order valence-corrected chi connectivity index (χ3v) is 3.64. The largest absolute Gasteiger partial charge is 0.478 e. The zero-order valence-electron chi connectivity index (χ0n) is 11.3. The highest BCUT2D eigenvalue weighted by Crippen LogP contribution is 2.11. The fraction of sp³-hybridized carbons (Fsp3) is 0.333. The summed E-state index contributed by atoms with van der Waals surface area (Å²) in [7, 11) is 0. The molecule has 0 unspecified atom stereocenters. The van der Waals surface area contributed by atoms with Gasteiger partial charge in [-0.15, -0.1) is 11.3 Å². The summed E-state index contributed by atoms with van der Waals surface area (Å²) in [6.07, 6.45) is 0. The second kappa shape index (κ2) is 6.80. The van der Waals surface area contributed by atoms with Crippen LogP contribution in [-0.2, 0) is 16.1 Å². The number of carboxylic acid groups (broad SMARTS) is 1. The summed E-state index contributed by atoms with van der Waals surface area (Å²) in [5, 5.41) is 13.3. The second-order valence-corrected chi connectivity index (χ2v) is 4.99. The lowest BCUT2D eigenvalue weighted by Gasteiger charge is -2.07. The van der Waals surface area contributed by atoms with Gasteiger partial charge in [-0.2, -0.15) is 0 Å². The molecule has 3 N–H and O–H groups in total. The van der Waals surface area contributed by atoms with Crippen LogP contribution >= 0.6 is 11.3 Å². The van der Waals surface area contributed by atoms with Crippen molar-refractivity contribution >= 4 is 29.2 Å². The van der Waals surface area contributed by atoms with Crippen molar-refractivity contribution in [2.45, 2.75) is 27.3 Å². The van der Waals surface area contributed by atoms with Crippen LogP contribution in [-0.4, -0.2) is 28.0 Å². The number of carbonyl (C=O) groups is 3. The van der Waals surface area contributed by atoms with Gasteiger partial charge in [0, 0.05) is 16.0 Å². The van der Waals surface area contributed by atoms with Crippen molar-refractivity contribution in [2.75, 3.05) is 0 Å². The number of urea groups is 1. The Balaban J connectivity index is 2.55. The SMILES string of the molecule is CC(C(=O)O)=C(C)C(=O)NC(=O)NCc1scnc1C. The number of carboxylic acids is 1. The third-order valence-electron chi connectivity index (χ3n) is 2.71. The number of nitrogens with one attached hydrogen (secondary N) is 2. The summed E-state index contributed by atoms with van der Waals surface area (Å²) in [6, 6.07) is -0.680. The maximum absolute atomic E-state index is 11.6. The predicted octanol–water partition coefficient (Wildman–Crippen LogP) is 1.20. The average Bonchev–Trinajstić information content (AvgIpc) is 2.79. The van der Waals surface area contributed by atoms with E-state index in [2.05, 4.69) is 15.6 Å². The van der Waals surface area contributed by atoms with Gasteiger partial charge in [-0.05, 0) is 20.8 Å². The van der Waals surface area contributed by atoms with E-state index in [1.54, 1.807) is 5.51 Å². The summed E-state index contributed by atoms with van der Waals surface area (Å²) < 4.78 is 0. The van der Waals surface area contributed by atoms with E-state index in [0.717, 1.165) is 10.6 Å². The molecule has 0 saturated carbocycles. The van der Waals surface area contributed by atoms with Crippen molar-refractivity contribution in [3.63, 3.8) is 0 Å². The molecule has 0 aliphatic rings. The number of imide groups is 1. The van der Waals surface area contributed by atoms with E-state index in [0.29, 0.717) is 0 Å². The molecular weight excluding hydrogens is 282 g/mol. The highest BCUT2D eigenvalue weighted by atomic mass is 32.1. The smallest absolute Gasteiger partial charge is 0.331 e. The Hall–Kier alpha value is -2.22. The number of amides is 3. The number of hydrogen-bond acceptors (Lipinski definition) is 5. The van der Waals surface area contributed by atoms with E-state index < -0.39 is 17.9 Å². The van der Waals surface area contributed by atoms with Gasteiger partial charge in [-0.25, -0.2) is 14.6 Å². The summed E-state index contributed by atoms with van der Waals surface area (Å²) >= 11 is 1.40. The Morgan fingerprint density at radius 2 is 1.95 bits per heavy atom.